The Morgan fingerprint density at radius 1 is 1.04 bits per heavy atom. The molecule has 0 bridgehead atoms. The summed E-state index contributed by atoms with van der Waals surface area (Å²) in [5.41, 5.74) is 2.45. The molecule has 0 aliphatic carbocycles. The lowest BCUT2D eigenvalue weighted by molar-refractivity contribution is 0.0949. The molecule has 2 rings (SSSR count). The molecule has 0 unspecified atom stereocenters. The molecule has 150 valence electrons. The quantitative estimate of drug-likeness (QED) is 0.534. The first-order chi connectivity index (χ1) is 13.4. The van der Waals surface area contributed by atoms with Crippen LogP contribution in [0.3, 0.4) is 0 Å². The number of hydrogen-bond donors (Lipinski definition) is 3. The second-order valence-corrected chi connectivity index (χ2v) is 7.23. The average Bonchev–Trinajstić information content (AvgIpc) is 2.66. The number of benzene rings is 2. The SMILES string of the molecule is COCCCNC(=O)c1cc(NC(=O)Nc2ccc(Br)cc2)ccc1N(C)C. The van der Waals surface area contributed by atoms with Crippen molar-refractivity contribution in [2.45, 2.75) is 6.42 Å². The van der Waals surface area contributed by atoms with Crippen LogP contribution in [0.4, 0.5) is 21.9 Å². The summed E-state index contributed by atoms with van der Waals surface area (Å²) >= 11 is 3.35. The standard InChI is InChI=1S/C20H25BrN4O3/c1-25(2)18-10-9-16(13-17(18)19(26)22-11-4-12-28-3)24-20(27)23-15-7-5-14(21)6-8-15/h5-10,13H,4,11-12H2,1-3H3,(H,22,26)(H2,23,24,27). The molecular formula is C20H25BrN4O3. The van der Waals surface area contributed by atoms with Crippen molar-refractivity contribution in [2.75, 3.05) is 49.9 Å². The van der Waals surface area contributed by atoms with Gasteiger partial charge >= 0.3 is 6.03 Å². The first kappa shape index (κ1) is 21.7. The molecule has 3 N–H and O–H groups in total. The lowest BCUT2D eigenvalue weighted by Crippen LogP contribution is -2.27. The maximum atomic E-state index is 12.6. The third kappa shape index (κ3) is 6.54. The number of methoxy groups -OCH3 is 1. The van der Waals surface area contributed by atoms with E-state index in [1.807, 2.05) is 31.1 Å². The molecule has 0 radical (unpaired) electrons. The molecule has 0 aromatic heterocycles. The molecule has 0 fully saturated rings. The van der Waals surface area contributed by atoms with E-state index in [-0.39, 0.29) is 11.9 Å². The Balaban J connectivity index is 2.08. The highest BCUT2D eigenvalue weighted by Gasteiger charge is 2.14. The van der Waals surface area contributed by atoms with Crippen LogP contribution < -0.4 is 20.9 Å². The summed E-state index contributed by atoms with van der Waals surface area (Å²) in [6, 6.07) is 12.1. The van der Waals surface area contributed by atoms with Gasteiger partial charge in [0.1, 0.15) is 0 Å². The van der Waals surface area contributed by atoms with Gasteiger partial charge in [-0.15, -0.1) is 0 Å². The number of rotatable bonds is 8. The zero-order chi connectivity index (χ0) is 20.5. The number of anilines is 3. The number of ether oxygens (including phenoxy) is 1. The Hall–Kier alpha value is -2.58. The van der Waals surface area contributed by atoms with E-state index in [1.165, 1.54) is 0 Å². The van der Waals surface area contributed by atoms with E-state index >= 15 is 0 Å². The third-order valence-corrected chi connectivity index (χ3v) is 4.42. The molecule has 0 saturated heterocycles. The minimum atomic E-state index is -0.383. The Bertz CT molecular complexity index is 810. The van der Waals surface area contributed by atoms with Crippen molar-refractivity contribution in [3.05, 3.63) is 52.5 Å². The van der Waals surface area contributed by atoms with Crippen molar-refractivity contribution in [3.8, 4) is 0 Å². The number of halogens is 1. The van der Waals surface area contributed by atoms with Gasteiger partial charge in [0.15, 0.2) is 0 Å². The Morgan fingerprint density at radius 3 is 2.32 bits per heavy atom. The summed E-state index contributed by atoms with van der Waals surface area (Å²) in [7, 11) is 5.36. The van der Waals surface area contributed by atoms with Crippen molar-refractivity contribution >= 4 is 44.9 Å². The molecule has 0 saturated carbocycles. The number of nitrogens with one attached hydrogen (secondary N) is 3. The highest BCUT2D eigenvalue weighted by molar-refractivity contribution is 9.10. The second-order valence-electron chi connectivity index (χ2n) is 6.31. The van der Waals surface area contributed by atoms with Gasteiger partial charge in [0.25, 0.3) is 5.91 Å². The fourth-order valence-electron chi connectivity index (χ4n) is 2.53. The predicted octanol–water partition coefficient (Wildman–Crippen LogP) is 3.93. The van der Waals surface area contributed by atoms with E-state index in [0.717, 1.165) is 16.6 Å². The van der Waals surface area contributed by atoms with Gasteiger partial charge in [-0.2, -0.15) is 0 Å². The number of carbonyl (C=O) groups excluding carboxylic acids is 2. The van der Waals surface area contributed by atoms with E-state index in [9.17, 15) is 9.59 Å². The normalized spacial score (nSPS) is 10.3. The van der Waals surface area contributed by atoms with Crippen molar-refractivity contribution in [1.29, 1.82) is 0 Å². The zero-order valence-electron chi connectivity index (χ0n) is 16.2. The van der Waals surface area contributed by atoms with Gasteiger partial charge in [-0.1, -0.05) is 15.9 Å². The lowest BCUT2D eigenvalue weighted by Gasteiger charge is -2.18. The van der Waals surface area contributed by atoms with Crippen molar-refractivity contribution < 1.29 is 14.3 Å². The van der Waals surface area contributed by atoms with Gasteiger partial charge in [0, 0.05) is 55.9 Å². The number of carbonyl (C=O) groups is 2. The van der Waals surface area contributed by atoms with E-state index in [1.54, 1.807) is 37.4 Å². The largest absolute Gasteiger partial charge is 0.385 e. The highest BCUT2D eigenvalue weighted by atomic mass is 79.9. The van der Waals surface area contributed by atoms with E-state index in [2.05, 4.69) is 31.9 Å². The molecule has 28 heavy (non-hydrogen) atoms. The molecule has 2 aromatic rings. The van der Waals surface area contributed by atoms with Gasteiger partial charge in [0.05, 0.1) is 5.56 Å². The molecule has 3 amide bonds. The molecule has 8 heteroatoms. The molecular weight excluding hydrogens is 424 g/mol. The Morgan fingerprint density at radius 2 is 1.68 bits per heavy atom. The van der Waals surface area contributed by atoms with Gasteiger partial charge in [-0.05, 0) is 48.9 Å². The number of hydrogen-bond acceptors (Lipinski definition) is 4. The molecule has 0 aliphatic heterocycles. The Labute approximate surface area is 173 Å². The molecule has 7 nitrogen and oxygen atoms in total. The van der Waals surface area contributed by atoms with Crippen LogP contribution >= 0.6 is 15.9 Å². The molecule has 0 aliphatic rings. The number of urea groups is 1. The topological polar surface area (TPSA) is 82.7 Å². The van der Waals surface area contributed by atoms with Crippen LogP contribution in [0.5, 0.6) is 0 Å². The monoisotopic (exact) mass is 448 g/mol. The van der Waals surface area contributed by atoms with E-state index in [0.29, 0.717) is 30.1 Å². The summed E-state index contributed by atoms with van der Waals surface area (Å²) in [4.78, 5) is 26.7. The van der Waals surface area contributed by atoms with Crippen molar-refractivity contribution in [3.63, 3.8) is 0 Å². The highest BCUT2D eigenvalue weighted by Crippen LogP contribution is 2.23. The summed E-state index contributed by atoms with van der Waals surface area (Å²) in [6.45, 7) is 1.10. The van der Waals surface area contributed by atoms with Crippen LogP contribution in [0.25, 0.3) is 0 Å². The minimum absolute atomic E-state index is 0.197. The first-order valence-electron chi connectivity index (χ1n) is 8.83. The lowest BCUT2D eigenvalue weighted by atomic mass is 10.1. The Kier molecular flexibility index (Phi) is 8.28. The summed E-state index contributed by atoms with van der Waals surface area (Å²) in [5, 5.41) is 8.40. The van der Waals surface area contributed by atoms with Crippen molar-refractivity contribution in [1.82, 2.24) is 5.32 Å². The summed E-state index contributed by atoms with van der Waals surface area (Å²) < 4.78 is 5.92. The van der Waals surface area contributed by atoms with Crippen molar-refractivity contribution in [2.24, 2.45) is 0 Å². The molecule has 0 heterocycles. The predicted molar refractivity (Wildman–Crippen MR) is 116 cm³/mol. The van der Waals surface area contributed by atoms with Crippen LogP contribution in [0.1, 0.15) is 16.8 Å². The smallest absolute Gasteiger partial charge is 0.323 e. The molecule has 0 spiro atoms. The summed E-state index contributed by atoms with van der Waals surface area (Å²) in [5.74, 6) is -0.197. The third-order valence-electron chi connectivity index (χ3n) is 3.89. The second kappa shape index (κ2) is 10.7. The molecule has 2 aromatic carbocycles. The maximum absolute atomic E-state index is 12.6. The van der Waals surface area contributed by atoms with E-state index < -0.39 is 0 Å². The average molecular weight is 449 g/mol. The number of nitrogens with zero attached hydrogens (tertiary/aromatic N) is 1. The first-order valence-corrected chi connectivity index (χ1v) is 9.62. The fourth-order valence-corrected chi connectivity index (χ4v) is 2.79. The zero-order valence-corrected chi connectivity index (χ0v) is 17.8. The van der Waals surface area contributed by atoms with Crippen LogP contribution in [-0.4, -0.2) is 46.3 Å². The number of amides is 3. The van der Waals surface area contributed by atoms with Gasteiger partial charge in [-0.25, -0.2) is 4.79 Å². The van der Waals surface area contributed by atoms with Gasteiger partial charge in [-0.3, -0.25) is 4.79 Å². The molecule has 0 atom stereocenters. The fraction of sp³-hybridized carbons (Fsp3) is 0.300. The van der Waals surface area contributed by atoms with Crippen LogP contribution in [-0.2, 0) is 4.74 Å². The van der Waals surface area contributed by atoms with Gasteiger partial charge < -0.3 is 25.6 Å². The summed E-state index contributed by atoms with van der Waals surface area (Å²) in [6.07, 6.45) is 0.729. The van der Waals surface area contributed by atoms with Crippen LogP contribution in [0.2, 0.25) is 0 Å². The van der Waals surface area contributed by atoms with Crippen LogP contribution in [0, 0.1) is 0 Å². The maximum Gasteiger partial charge on any atom is 0.323 e. The van der Waals surface area contributed by atoms with Gasteiger partial charge in [0.2, 0.25) is 0 Å². The van der Waals surface area contributed by atoms with Crippen LogP contribution in [0.15, 0.2) is 46.9 Å². The minimum Gasteiger partial charge on any atom is -0.385 e. The van der Waals surface area contributed by atoms with E-state index in [4.69, 9.17) is 4.74 Å².